The fourth-order valence-electron chi connectivity index (χ4n) is 2.88. The molecule has 136 valence electrons. The van der Waals surface area contributed by atoms with Gasteiger partial charge in [0.2, 0.25) is 11.8 Å². The third-order valence-corrected chi connectivity index (χ3v) is 4.17. The van der Waals surface area contributed by atoms with Crippen molar-refractivity contribution in [3.05, 3.63) is 54.1 Å². The van der Waals surface area contributed by atoms with Gasteiger partial charge >= 0.3 is 0 Å². The highest BCUT2D eigenvalue weighted by Crippen LogP contribution is 2.18. The Kier molecular flexibility index (Phi) is 5.86. The molecule has 0 aliphatic carbocycles. The Bertz CT molecular complexity index is 751. The summed E-state index contributed by atoms with van der Waals surface area (Å²) in [4.78, 5) is 25.5. The normalized spacial score (nSPS) is 14.0. The van der Waals surface area contributed by atoms with Gasteiger partial charge in [0.15, 0.2) is 0 Å². The van der Waals surface area contributed by atoms with E-state index in [1.807, 2.05) is 12.1 Å². The van der Waals surface area contributed by atoms with Crippen LogP contribution in [-0.2, 0) is 20.7 Å². The van der Waals surface area contributed by atoms with Crippen LogP contribution < -0.4 is 15.5 Å². The molecule has 26 heavy (non-hydrogen) atoms. The molecule has 1 aliphatic heterocycles. The monoisotopic (exact) mass is 353 g/mol. The van der Waals surface area contributed by atoms with E-state index in [9.17, 15) is 9.59 Å². The van der Waals surface area contributed by atoms with Crippen molar-refractivity contribution >= 4 is 28.9 Å². The minimum absolute atomic E-state index is 0.0728. The number of ether oxygens (including phenoxy) is 1. The predicted octanol–water partition coefficient (Wildman–Crippen LogP) is 2.66. The molecule has 6 nitrogen and oxygen atoms in total. The van der Waals surface area contributed by atoms with Gasteiger partial charge in [0.1, 0.15) is 0 Å². The number of benzene rings is 2. The summed E-state index contributed by atoms with van der Waals surface area (Å²) in [6.45, 7) is 4.76. The molecule has 6 heteroatoms. The highest BCUT2D eigenvalue weighted by atomic mass is 16.5. The van der Waals surface area contributed by atoms with E-state index >= 15 is 0 Å². The van der Waals surface area contributed by atoms with Crippen molar-refractivity contribution in [2.45, 2.75) is 13.3 Å². The van der Waals surface area contributed by atoms with Crippen molar-refractivity contribution in [2.75, 3.05) is 41.8 Å². The molecule has 1 aliphatic rings. The maximum absolute atomic E-state index is 12.2. The molecule has 0 bridgehead atoms. The summed E-state index contributed by atoms with van der Waals surface area (Å²) >= 11 is 0. The number of morpholine rings is 1. The van der Waals surface area contributed by atoms with Gasteiger partial charge in [-0.15, -0.1) is 0 Å². The summed E-state index contributed by atoms with van der Waals surface area (Å²) in [6.07, 6.45) is 0.316. The maximum atomic E-state index is 12.2. The number of hydrogen-bond acceptors (Lipinski definition) is 4. The topological polar surface area (TPSA) is 70.7 Å². The quantitative estimate of drug-likeness (QED) is 0.867. The van der Waals surface area contributed by atoms with Crippen LogP contribution in [0.1, 0.15) is 12.5 Å². The van der Waals surface area contributed by atoms with Crippen LogP contribution in [0.4, 0.5) is 17.1 Å². The molecular weight excluding hydrogens is 330 g/mol. The Balaban J connectivity index is 1.53. The summed E-state index contributed by atoms with van der Waals surface area (Å²) in [7, 11) is 0. The van der Waals surface area contributed by atoms with Crippen LogP contribution in [0, 0.1) is 0 Å². The van der Waals surface area contributed by atoms with Crippen molar-refractivity contribution < 1.29 is 14.3 Å². The first kappa shape index (κ1) is 17.9. The molecule has 0 aromatic heterocycles. The van der Waals surface area contributed by atoms with Crippen LogP contribution in [0.5, 0.6) is 0 Å². The molecule has 1 heterocycles. The number of nitrogens with one attached hydrogen (secondary N) is 2. The number of amides is 2. The fraction of sp³-hybridized carbons (Fsp3) is 0.300. The van der Waals surface area contributed by atoms with Crippen LogP contribution in [0.25, 0.3) is 0 Å². The van der Waals surface area contributed by atoms with Crippen LogP contribution in [0.3, 0.4) is 0 Å². The predicted molar refractivity (Wildman–Crippen MR) is 103 cm³/mol. The Morgan fingerprint density at radius 3 is 2.08 bits per heavy atom. The van der Waals surface area contributed by atoms with Crippen molar-refractivity contribution in [1.82, 2.24) is 0 Å². The van der Waals surface area contributed by atoms with Crippen molar-refractivity contribution in [1.29, 1.82) is 0 Å². The number of hydrogen-bond donors (Lipinski definition) is 2. The minimum Gasteiger partial charge on any atom is -0.378 e. The summed E-state index contributed by atoms with van der Waals surface area (Å²) in [5.41, 5.74) is 3.53. The molecule has 1 saturated heterocycles. The van der Waals surface area contributed by atoms with E-state index in [-0.39, 0.29) is 11.8 Å². The number of carbonyl (C=O) groups is 2. The van der Waals surface area contributed by atoms with Gasteiger partial charge in [-0.3, -0.25) is 9.59 Å². The lowest BCUT2D eigenvalue weighted by molar-refractivity contribution is -0.116. The van der Waals surface area contributed by atoms with E-state index in [4.69, 9.17) is 4.74 Å². The van der Waals surface area contributed by atoms with Gasteiger partial charge in [0.05, 0.1) is 19.6 Å². The molecule has 0 atom stereocenters. The molecule has 0 radical (unpaired) electrons. The minimum atomic E-state index is -0.123. The Labute approximate surface area is 153 Å². The van der Waals surface area contributed by atoms with E-state index in [1.165, 1.54) is 6.92 Å². The first-order chi connectivity index (χ1) is 12.6. The van der Waals surface area contributed by atoms with Crippen molar-refractivity contribution in [3.63, 3.8) is 0 Å². The third-order valence-electron chi connectivity index (χ3n) is 4.17. The second kappa shape index (κ2) is 8.49. The average molecular weight is 353 g/mol. The van der Waals surface area contributed by atoms with Gasteiger partial charge in [-0.05, 0) is 42.0 Å². The summed E-state index contributed by atoms with van der Waals surface area (Å²) in [6, 6.07) is 15.1. The van der Waals surface area contributed by atoms with Crippen LogP contribution in [0.2, 0.25) is 0 Å². The zero-order chi connectivity index (χ0) is 18.4. The van der Waals surface area contributed by atoms with Gasteiger partial charge in [-0.25, -0.2) is 0 Å². The van der Waals surface area contributed by atoms with E-state index in [0.29, 0.717) is 17.8 Å². The van der Waals surface area contributed by atoms with E-state index in [1.54, 1.807) is 24.3 Å². The maximum Gasteiger partial charge on any atom is 0.228 e. The highest BCUT2D eigenvalue weighted by molar-refractivity contribution is 5.93. The van der Waals surface area contributed by atoms with E-state index < -0.39 is 0 Å². The van der Waals surface area contributed by atoms with Gasteiger partial charge in [-0.2, -0.15) is 0 Å². The lowest BCUT2D eigenvalue weighted by atomic mass is 10.1. The van der Waals surface area contributed by atoms with Crippen molar-refractivity contribution in [3.8, 4) is 0 Å². The molecule has 1 fully saturated rings. The van der Waals surface area contributed by atoms with Crippen LogP contribution >= 0.6 is 0 Å². The third kappa shape index (κ3) is 5.07. The SMILES string of the molecule is CC(=O)Nc1ccc(NC(=O)Cc2ccc(N3CCOCC3)cc2)cc1. The number of anilines is 3. The van der Waals surface area contributed by atoms with Gasteiger partial charge in [0, 0.05) is 37.1 Å². The summed E-state index contributed by atoms with van der Waals surface area (Å²) < 4.78 is 5.37. The first-order valence-corrected chi connectivity index (χ1v) is 8.69. The average Bonchev–Trinajstić information content (AvgIpc) is 2.64. The van der Waals surface area contributed by atoms with Gasteiger partial charge in [0.25, 0.3) is 0 Å². The Hall–Kier alpha value is -2.86. The zero-order valence-electron chi connectivity index (χ0n) is 14.8. The second-order valence-corrected chi connectivity index (χ2v) is 6.25. The number of carbonyl (C=O) groups excluding carboxylic acids is 2. The molecular formula is C20H23N3O3. The molecule has 3 rings (SSSR count). The van der Waals surface area contributed by atoms with E-state index in [2.05, 4.69) is 27.7 Å². The fourth-order valence-corrected chi connectivity index (χ4v) is 2.88. The zero-order valence-corrected chi connectivity index (χ0v) is 14.8. The Morgan fingerprint density at radius 2 is 1.50 bits per heavy atom. The largest absolute Gasteiger partial charge is 0.378 e. The van der Waals surface area contributed by atoms with Gasteiger partial charge in [-0.1, -0.05) is 12.1 Å². The molecule has 2 aromatic rings. The van der Waals surface area contributed by atoms with Crippen LogP contribution in [0.15, 0.2) is 48.5 Å². The second-order valence-electron chi connectivity index (χ2n) is 6.25. The summed E-state index contributed by atoms with van der Waals surface area (Å²) in [5, 5.41) is 5.56. The van der Waals surface area contributed by atoms with Crippen molar-refractivity contribution in [2.24, 2.45) is 0 Å². The lowest BCUT2D eigenvalue weighted by Gasteiger charge is -2.28. The first-order valence-electron chi connectivity index (χ1n) is 8.69. The van der Waals surface area contributed by atoms with E-state index in [0.717, 1.165) is 37.6 Å². The molecule has 2 amide bonds. The standard InChI is InChI=1S/C20H23N3O3/c1-15(24)21-17-4-6-18(7-5-17)22-20(25)14-16-2-8-19(9-3-16)23-10-12-26-13-11-23/h2-9H,10-14H2,1H3,(H,21,24)(H,22,25). The molecule has 0 unspecified atom stereocenters. The van der Waals surface area contributed by atoms with Gasteiger partial charge < -0.3 is 20.3 Å². The number of rotatable bonds is 5. The smallest absolute Gasteiger partial charge is 0.228 e. The molecule has 2 N–H and O–H groups in total. The lowest BCUT2D eigenvalue weighted by Crippen LogP contribution is -2.36. The number of nitrogens with zero attached hydrogens (tertiary/aromatic N) is 1. The molecule has 2 aromatic carbocycles. The van der Waals surface area contributed by atoms with Crippen LogP contribution in [-0.4, -0.2) is 38.1 Å². The molecule has 0 spiro atoms. The highest BCUT2D eigenvalue weighted by Gasteiger charge is 2.11. The Morgan fingerprint density at radius 1 is 0.923 bits per heavy atom. The summed E-state index contributed by atoms with van der Waals surface area (Å²) in [5.74, 6) is -0.196. The molecule has 0 saturated carbocycles.